The molecule has 172 valence electrons. The van der Waals surface area contributed by atoms with Crippen LogP contribution in [0.25, 0.3) is 11.4 Å². The van der Waals surface area contributed by atoms with Gasteiger partial charge in [0.15, 0.2) is 10.6 Å². The number of aromatic amines is 1. The van der Waals surface area contributed by atoms with Crippen LogP contribution in [0.4, 0.5) is 11.4 Å². The van der Waals surface area contributed by atoms with Crippen LogP contribution in [-0.2, 0) is 11.3 Å². The lowest BCUT2D eigenvalue weighted by Gasteiger charge is -2.36. The first-order valence-electron chi connectivity index (χ1n) is 10.6. The lowest BCUT2D eigenvalue weighted by atomic mass is 10.2. The van der Waals surface area contributed by atoms with Crippen LogP contribution in [0.3, 0.4) is 0 Å². The standard InChI is InChI=1S/C22H24N6O4S/c1-2-32-19-9-3-16(4-10-19)21-23-24-22(33)27(21)15-20(29)26-13-11-25(12-14-26)17-5-7-18(8-6-17)28(30)31/h3-10H,2,11-15H2,1H3,(H,24,33). The van der Waals surface area contributed by atoms with E-state index in [0.717, 1.165) is 17.0 Å². The maximum Gasteiger partial charge on any atom is 0.269 e. The van der Waals surface area contributed by atoms with E-state index in [1.807, 2.05) is 31.2 Å². The van der Waals surface area contributed by atoms with E-state index < -0.39 is 4.92 Å². The Morgan fingerprint density at radius 2 is 1.79 bits per heavy atom. The van der Waals surface area contributed by atoms with Gasteiger partial charge in [0.05, 0.1) is 11.5 Å². The van der Waals surface area contributed by atoms with Crippen molar-refractivity contribution in [2.45, 2.75) is 13.5 Å². The second-order valence-electron chi connectivity index (χ2n) is 7.54. The second-order valence-corrected chi connectivity index (χ2v) is 7.92. The van der Waals surface area contributed by atoms with Crippen LogP contribution in [0.1, 0.15) is 6.92 Å². The fourth-order valence-corrected chi connectivity index (χ4v) is 3.98. The van der Waals surface area contributed by atoms with E-state index >= 15 is 0 Å². The van der Waals surface area contributed by atoms with Crippen molar-refractivity contribution in [3.63, 3.8) is 0 Å². The molecular weight excluding hydrogens is 444 g/mol. The molecule has 0 unspecified atom stereocenters. The molecule has 0 atom stereocenters. The van der Waals surface area contributed by atoms with Crippen molar-refractivity contribution in [3.05, 3.63) is 63.4 Å². The Morgan fingerprint density at radius 1 is 1.12 bits per heavy atom. The second kappa shape index (κ2) is 9.82. The summed E-state index contributed by atoms with van der Waals surface area (Å²) in [6.45, 7) is 5.01. The molecule has 10 nitrogen and oxygen atoms in total. The zero-order valence-corrected chi connectivity index (χ0v) is 19.0. The molecule has 0 saturated carbocycles. The average molecular weight is 469 g/mol. The van der Waals surface area contributed by atoms with Crippen molar-refractivity contribution in [2.24, 2.45) is 0 Å². The first-order valence-corrected chi connectivity index (χ1v) is 11.0. The van der Waals surface area contributed by atoms with Gasteiger partial charge >= 0.3 is 0 Å². The molecule has 0 aliphatic carbocycles. The smallest absolute Gasteiger partial charge is 0.269 e. The van der Waals surface area contributed by atoms with Gasteiger partial charge in [-0.1, -0.05) is 0 Å². The molecule has 0 bridgehead atoms. The molecule has 1 aliphatic heterocycles. The number of piperazine rings is 1. The predicted molar refractivity (Wildman–Crippen MR) is 126 cm³/mol. The first kappa shape index (κ1) is 22.5. The number of ether oxygens (including phenoxy) is 1. The Bertz CT molecular complexity index is 1180. The molecular formula is C22H24N6O4S. The molecule has 33 heavy (non-hydrogen) atoms. The van der Waals surface area contributed by atoms with E-state index in [4.69, 9.17) is 17.0 Å². The Hall–Kier alpha value is -3.73. The predicted octanol–water partition coefficient (Wildman–Crippen LogP) is 3.26. The van der Waals surface area contributed by atoms with Gasteiger partial charge in [-0.15, -0.1) is 0 Å². The summed E-state index contributed by atoms with van der Waals surface area (Å²) >= 11 is 5.36. The number of nitrogens with zero attached hydrogens (tertiary/aromatic N) is 5. The third kappa shape index (κ3) is 5.03. The van der Waals surface area contributed by atoms with Crippen molar-refractivity contribution in [1.29, 1.82) is 0 Å². The van der Waals surface area contributed by atoms with Gasteiger partial charge in [0.1, 0.15) is 12.3 Å². The maximum absolute atomic E-state index is 13.0. The lowest BCUT2D eigenvalue weighted by Crippen LogP contribution is -2.49. The molecule has 0 spiro atoms. The molecule has 1 fully saturated rings. The molecule has 1 aromatic heterocycles. The number of nitro groups is 1. The number of carbonyl (C=O) groups excluding carboxylic acids is 1. The van der Waals surface area contributed by atoms with Gasteiger partial charge in [0.2, 0.25) is 5.91 Å². The molecule has 1 amide bonds. The van der Waals surface area contributed by atoms with Crippen molar-refractivity contribution >= 4 is 29.5 Å². The van der Waals surface area contributed by atoms with Crippen LogP contribution in [-0.4, -0.2) is 63.3 Å². The number of amides is 1. The van der Waals surface area contributed by atoms with Crippen LogP contribution in [0, 0.1) is 14.9 Å². The van der Waals surface area contributed by atoms with Crippen molar-refractivity contribution in [3.8, 4) is 17.1 Å². The minimum absolute atomic E-state index is 0.0389. The van der Waals surface area contributed by atoms with Crippen LogP contribution in [0.5, 0.6) is 5.75 Å². The van der Waals surface area contributed by atoms with Gasteiger partial charge in [-0.25, -0.2) is 0 Å². The van der Waals surface area contributed by atoms with Crippen molar-refractivity contribution < 1.29 is 14.5 Å². The Labute approximate surface area is 195 Å². The molecule has 3 aromatic rings. The van der Waals surface area contributed by atoms with Crippen molar-refractivity contribution in [1.82, 2.24) is 19.7 Å². The minimum atomic E-state index is -0.414. The number of rotatable bonds is 7. The normalized spacial score (nSPS) is 13.7. The quantitative estimate of drug-likeness (QED) is 0.322. The highest BCUT2D eigenvalue weighted by Crippen LogP contribution is 2.23. The van der Waals surface area contributed by atoms with Gasteiger partial charge in [-0.3, -0.25) is 24.6 Å². The molecule has 0 radical (unpaired) electrons. The summed E-state index contributed by atoms with van der Waals surface area (Å²) in [6.07, 6.45) is 0. The molecule has 1 N–H and O–H groups in total. The molecule has 1 aliphatic rings. The summed E-state index contributed by atoms with van der Waals surface area (Å²) in [5, 5.41) is 17.9. The highest BCUT2D eigenvalue weighted by molar-refractivity contribution is 7.71. The van der Waals surface area contributed by atoms with Crippen LogP contribution >= 0.6 is 12.2 Å². The van der Waals surface area contributed by atoms with E-state index in [1.54, 1.807) is 21.6 Å². The fourth-order valence-electron chi connectivity index (χ4n) is 3.79. The van der Waals surface area contributed by atoms with Crippen molar-refractivity contribution in [2.75, 3.05) is 37.7 Å². The van der Waals surface area contributed by atoms with E-state index in [9.17, 15) is 14.9 Å². The van der Waals surface area contributed by atoms with E-state index in [0.29, 0.717) is 43.4 Å². The molecule has 1 saturated heterocycles. The summed E-state index contributed by atoms with van der Waals surface area (Å²) in [7, 11) is 0. The number of nitrogens with one attached hydrogen (secondary N) is 1. The Balaban J connectivity index is 1.40. The third-order valence-corrected chi connectivity index (χ3v) is 5.84. The first-order chi connectivity index (χ1) is 16.0. The minimum Gasteiger partial charge on any atom is -0.494 e. The maximum atomic E-state index is 13.0. The summed E-state index contributed by atoms with van der Waals surface area (Å²) in [5.41, 5.74) is 1.80. The summed E-state index contributed by atoms with van der Waals surface area (Å²) in [4.78, 5) is 27.4. The van der Waals surface area contributed by atoms with Crippen LogP contribution in [0.15, 0.2) is 48.5 Å². The van der Waals surface area contributed by atoms with Gasteiger partial charge in [-0.05, 0) is 55.5 Å². The van der Waals surface area contributed by atoms with E-state index in [-0.39, 0.29) is 18.1 Å². The number of benzene rings is 2. The number of hydrogen-bond donors (Lipinski definition) is 1. The van der Waals surface area contributed by atoms with Gasteiger partial charge < -0.3 is 14.5 Å². The zero-order valence-electron chi connectivity index (χ0n) is 18.1. The van der Waals surface area contributed by atoms with Gasteiger partial charge in [-0.2, -0.15) is 5.10 Å². The highest BCUT2D eigenvalue weighted by Gasteiger charge is 2.23. The Kier molecular flexibility index (Phi) is 6.68. The SMILES string of the molecule is CCOc1ccc(-c2n[nH]c(=S)n2CC(=O)N2CCN(c3ccc([N+](=O)[O-])cc3)CC2)cc1. The number of anilines is 1. The number of carbonyl (C=O) groups is 1. The summed E-state index contributed by atoms with van der Waals surface area (Å²) in [6, 6.07) is 14.0. The number of aromatic nitrogens is 3. The third-order valence-electron chi connectivity index (χ3n) is 5.53. The highest BCUT2D eigenvalue weighted by atomic mass is 32.1. The number of hydrogen-bond acceptors (Lipinski definition) is 7. The number of non-ortho nitro benzene ring substituents is 1. The number of nitro benzene ring substituents is 1. The monoisotopic (exact) mass is 468 g/mol. The average Bonchev–Trinajstić information content (AvgIpc) is 3.20. The van der Waals surface area contributed by atoms with E-state index in [1.165, 1.54) is 12.1 Å². The fraction of sp³-hybridized carbons (Fsp3) is 0.318. The molecule has 11 heteroatoms. The lowest BCUT2D eigenvalue weighted by molar-refractivity contribution is -0.384. The molecule has 2 aromatic carbocycles. The Morgan fingerprint density at radius 3 is 2.39 bits per heavy atom. The topological polar surface area (TPSA) is 110 Å². The van der Waals surface area contributed by atoms with Crippen LogP contribution in [0.2, 0.25) is 0 Å². The molecule has 4 rings (SSSR count). The number of H-pyrrole nitrogens is 1. The van der Waals surface area contributed by atoms with Gasteiger partial charge in [0, 0.05) is 49.6 Å². The van der Waals surface area contributed by atoms with Crippen LogP contribution < -0.4 is 9.64 Å². The van der Waals surface area contributed by atoms with Gasteiger partial charge in [0.25, 0.3) is 5.69 Å². The summed E-state index contributed by atoms with van der Waals surface area (Å²) < 4.78 is 7.57. The summed E-state index contributed by atoms with van der Waals surface area (Å²) in [5.74, 6) is 1.33. The molecule has 2 heterocycles. The zero-order chi connectivity index (χ0) is 23.4. The van der Waals surface area contributed by atoms with E-state index in [2.05, 4.69) is 15.1 Å². The largest absolute Gasteiger partial charge is 0.494 e.